The van der Waals surface area contributed by atoms with E-state index in [0.29, 0.717) is 0 Å². The molecule has 0 bridgehead atoms. The standard InChI is InChI=1S/C26H50O5/c1-3-5-6-7-8-9-10-11-12-13-14-15-16-17-18-19-20-21-22-23-25(27)31-24(4-2)26(28,29)30/h11-12,24,28-30H,3-10,13-23H2,1-2H3/b12-11-. The van der Waals surface area contributed by atoms with E-state index in [-0.39, 0.29) is 12.8 Å². The van der Waals surface area contributed by atoms with Gasteiger partial charge in [0.25, 0.3) is 0 Å². The number of ether oxygens (including phenoxy) is 1. The van der Waals surface area contributed by atoms with E-state index in [1.54, 1.807) is 6.92 Å². The van der Waals surface area contributed by atoms with Crippen molar-refractivity contribution in [3.05, 3.63) is 12.2 Å². The molecule has 0 aromatic heterocycles. The van der Waals surface area contributed by atoms with E-state index in [2.05, 4.69) is 19.1 Å². The first kappa shape index (κ1) is 30.1. The van der Waals surface area contributed by atoms with E-state index in [4.69, 9.17) is 20.1 Å². The van der Waals surface area contributed by atoms with Crippen LogP contribution in [0.4, 0.5) is 0 Å². The van der Waals surface area contributed by atoms with Gasteiger partial charge in [-0.1, -0.05) is 103 Å². The smallest absolute Gasteiger partial charge is 0.314 e. The number of allylic oxidation sites excluding steroid dienone is 2. The number of carbonyl (C=O) groups is 1. The first-order valence-electron chi connectivity index (χ1n) is 12.9. The van der Waals surface area contributed by atoms with Crippen LogP contribution in [-0.2, 0) is 9.53 Å². The SMILES string of the molecule is CCCCCCCC/C=C\CCCCCCCCCCCC(=O)OC(CC)C(O)(O)O. The molecule has 0 aliphatic carbocycles. The Morgan fingerprint density at radius 3 is 1.55 bits per heavy atom. The second kappa shape index (κ2) is 21.0. The fourth-order valence-corrected chi connectivity index (χ4v) is 3.70. The van der Waals surface area contributed by atoms with Gasteiger partial charge in [0.1, 0.15) is 0 Å². The summed E-state index contributed by atoms with van der Waals surface area (Å²) in [6.45, 7) is 3.88. The first-order chi connectivity index (χ1) is 14.9. The molecule has 31 heavy (non-hydrogen) atoms. The number of rotatable bonds is 22. The lowest BCUT2D eigenvalue weighted by atomic mass is 10.1. The molecule has 5 heteroatoms. The maximum absolute atomic E-state index is 11.7. The minimum atomic E-state index is -2.96. The summed E-state index contributed by atoms with van der Waals surface area (Å²) in [5.41, 5.74) is 0. The van der Waals surface area contributed by atoms with Gasteiger partial charge in [-0.15, -0.1) is 0 Å². The number of carbonyl (C=O) groups excluding carboxylic acids is 1. The normalized spacial score (nSPS) is 13.1. The molecule has 0 heterocycles. The van der Waals surface area contributed by atoms with Gasteiger partial charge in [-0.25, -0.2) is 0 Å². The highest BCUT2D eigenvalue weighted by Gasteiger charge is 2.33. The molecule has 5 nitrogen and oxygen atoms in total. The van der Waals surface area contributed by atoms with Gasteiger partial charge in [-0.05, 0) is 38.5 Å². The van der Waals surface area contributed by atoms with E-state index in [9.17, 15) is 4.79 Å². The molecule has 0 aromatic rings. The van der Waals surface area contributed by atoms with E-state index >= 15 is 0 Å². The molecule has 3 N–H and O–H groups in total. The van der Waals surface area contributed by atoms with Crippen LogP contribution in [0.15, 0.2) is 12.2 Å². The molecule has 184 valence electrons. The van der Waals surface area contributed by atoms with Crippen molar-refractivity contribution >= 4 is 5.97 Å². The largest absolute Gasteiger partial charge is 0.454 e. The Labute approximate surface area is 191 Å². The van der Waals surface area contributed by atoms with Crippen LogP contribution in [0, 0.1) is 0 Å². The van der Waals surface area contributed by atoms with Crippen molar-refractivity contribution < 1.29 is 24.9 Å². The molecule has 0 aliphatic heterocycles. The van der Waals surface area contributed by atoms with Crippen LogP contribution in [0.2, 0.25) is 0 Å². The third-order valence-corrected chi connectivity index (χ3v) is 5.72. The van der Waals surface area contributed by atoms with Crippen LogP contribution in [0.1, 0.15) is 136 Å². The Morgan fingerprint density at radius 2 is 1.13 bits per heavy atom. The van der Waals surface area contributed by atoms with Crippen LogP contribution in [0.3, 0.4) is 0 Å². The van der Waals surface area contributed by atoms with Gasteiger partial charge in [-0.2, -0.15) is 0 Å². The predicted molar refractivity (Wildman–Crippen MR) is 127 cm³/mol. The Kier molecular flexibility index (Phi) is 20.3. The van der Waals surface area contributed by atoms with Crippen LogP contribution in [0.5, 0.6) is 0 Å². The average Bonchev–Trinajstić information content (AvgIpc) is 2.72. The zero-order valence-electron chi connectivity index (χ0n) is 20.3. The number of hydrogen-bond acceptors (Lipinski definition) is 5. The third kappa shape index (κ3) is 20.7. The summed E-state index contributed by atoms with van der Waals surface area (Å²) in [7, 11) is 0. The average molecular weight is 443 g/mol. The van der Waals surface area contributed by atoms with Crippen molar-refractivity contribution in [1.29, 1.82) is 0 Å². The van der Waals surface area contributed by atoms with Crippen molar-refractivity contribution in [2.75, 3.05) is 0 Å². The summed E-state index contributed by atoms with van der Waals surface area (Å²) in [5, 5.41) is 27.3. The monoisotopic (exact) mass is 442 g/mol. The van der Waals surface area contributed by atoms with Crippen LogP contribution >= 0.6 is 0 Å². The first-order valence-corrected chi connectivity index (χ1v) is 12.9. The predicted octanol–water partition coefficient (Wildman–Crippen LogP) is 6.54. The molecular formula is C26H50O5. The molecule has 0 saturated heterocycles. The van der Waals surface area contributed by atoms with Gasteiger partial charge in [-0.3, -0.25) is 4.79 Å². The molecule has 0 rings (SSSR count). The molecule has 0 spiro atoms. The van der Waals surface area contributed by atoms with Crippen molar-refractivity contribution in [1.82, 2.24) is 0 Å². The fourth-order valence-electron chi connectivity index (χ4n) is 3.70. The molecule has 1 unspecified atom stereocenters. The molecular weight excluding hydrogens is 392 g/mol. The van der Waals surface area contributed by atoms with Crippen molar-refractivity contribution in [2.24, 2.45) is 0 Å². The van der Waals surface area contributed by atoms with E-state index < -0.39 is 18.0 Å². The van der Waals surface area contributed by atoms with Crippen LogP contribution in [0.25, 0.3) is 0 Å². The quantitative estimate of drug-likeness (QED) is 0.0767. The summed E-state index contributed by atoms with van der Waals surface area (Å²) in [5.74, 6) is -3.46. The molecule has 0 radical (unpaired) electrons. The summed E-state index contributed by atoms with van der Waals surface area (Å²) in [6, 6.07) is 0. The number of esters is 1. The highest BCUT2D eigenvalue weighted by Crippen LogP contribution is 2.15. The van der Waals surface area contributed by atoms with E-state index in [1.807, 2.05) is 0 Å². The van der Waals surface area contributed by atoms with Gasteiger partial charge >= 0.3 is 11.9 Å². The second-order valence-electron chi connectivity index (χ2n) is 8.82. The molecule has 0 amide bonds. The van der Waals surface area contributed by atoms with Gasteiger partial charge in [0.2, 0.25) is 0 Å². The molecule has 1 atom stereocenters. The van der Waals surface area contributed by atoms with Crippen molar-refractivity contribution in [3.8, 4) is 0 Å². The molecule has 0 saturated carbocycles. The fraction of sp³-hybridized carbons (Fsp3) is 0.885. The topological polar surface area (TPSA) is 87.0 Å². The summed E-state index contributed by atoms with van der Waals surface area (Å²) >= 11 is 0. The minimum absolute atomic E-state index is 0.144. The van der Waals surface area contributed by atoms with Crippen molar-refractivity contribution in [3.63, 3.8) is 0 Å². The minimum Gasteiger partial charge on any atom is -0.454 e. The zero-order chi connectivity index (χ0) is 23.2. The summed E-state index contributed by atoms with van der Waals surface area (Å²) in [4.78, 5) is 11.7. The molecule has 0 aliphatic rings. The van der Waals surface area contributed by atoms with Gasteiger partial charge in [0.15, 0.2) is 6.10 Å². The lowest BCUT2D eigenvalue weighted by molar-refractivity contribution is -0.356. The lowest BCUT2D eigenvalue weighted by Crippen LogP contribution is -2.44. The Morgan fingerprint density at radius 1 is 0.710 bits per heavy atom. The van der Waals surface area contributed by atoms with E-state index in [0.717, 1.165) is 19.3 Å². The Hall–Kier alpha value is -0.910. The maximum Gasteiger partial charge on any atom is 0.314 e. The van der Waals surface area contributed by atoms with Gasteiger partial charge in [0.05, 0.1) is 0 Å². The lowest BCUT2D eigenvalue weighted by Gasteiger charge is -2.24. The summed E-state index contributed by atoms with van der Waals surface area (Å²) < 4.78 is 4.91. The van der Waals surface area contributed by atoms with Crippen molar-refractivity contribution in [2.45, 2.75) is 148 Å². The molecule has 0 fully saturated rings. The Bertz CT molecular complexity index is 428. The third-order valence-electron chi connectivity index (χ3n) is 5.72. The zero-order valence-corrected chi connectivity index (χ0v) is 20.3. The Balaban J connectivity index is 3.35. The van der Waals surface area contributed by atoms with Gasteiger partial charge < -0.3 is 20.1 Å². The number of hydrogen-bond donors (Lipinski definition) is 3. The van der Waals surface area contributed by atoms with Crippen LogP contribution in [-0.4, -0.2) is 33.4 Å². The maximum atomic E-state index is 11.7. The number of unbranched alkanes of at least 4 members (excludes halogenated alkanes) is 15. The summed E-state index contributed by atoms with van der Waals surface area (Å²) in [6.07, 6.45) is 25.0. The number of aliphatic hydroxyl groups is 3. The van der Waals surface area contributed by atoms with E-state index in [1.165, 1.54) is 89.9 Å². The van der Waals surface area contributed by atoms with Gasteiger partial charge in [0, 0.05) is 6.42 Å². The van der Waals surface area contributed by atoms with Crippen LogP contribution < -0.4 is 0 Å². The molecule has 0 aromatic carbocycles. The highest BCUT2D eigenvalue weighted by atomic mass is 16.7. The highest BCUT2D eigenvalue weighted by molar-refractivity contribution is 5.69. The second-order valence-corrected chi connectivity index (χ2v) is 8.82.